The average molecular weight is 1850 g/mol. The number of fused-ring (bicyclic) bond motifs is 4. The quantitative estimate of drug-likeness (QED) is 0.0464. The van der Waals surface area contributed by atoms with Crippen LogP contribution in [0.2, 0.25) is 0 Å². The summed E-state index contributed by atoms with van der Waals surface area (Å²) in [5.74, 6) is -5.56. The molecule has 2 spiro atoms. The third-order valence-corrected chi connectivity index (χ3v) is 31.3. The highest BCUT2D eigenvalue weighted by Gasteiger charge is 2.63. The van der Waals surface area contributed by atoms with Crippen molar-refractivity contribution in [2.24, 2.45) is 47.3 Å². The second kappa shape index (κ2) is 43.1. The standard InChI is InChI=1S/C104H152N2O26/c1-21-55(3)93-61(9)37-39-101(131-93)49-75-43-73(129-101)35-33-59(7)91(57(5)27-25-31-71-53-117-97-89(107)63(11)41-77(99(109)123-75)103(71,97)111)125-85-47-81(115-19)95(67(15)121-85)127-83-45-79(113-17)87(65(13)119-83)105-51-69-29-23-24-30-70(69)52-106-88-66(14)120-84(46-80(88)114-18)128-96-68(16)122-86(48-82(96)116-20)126-92-58(6)28-26-32-72-54-118-98-90(108)64(12)42-78(104(72,98)112)100(110)124-76-44-74(36-34-60(92)8)130-102(50-76)40-38-62(10)94(132-102)56(4)22-2/h23-34,37-42,55-58,61-62,65-68,73-98,105-108,111-112H,21-22,35-36,43-54H2,1-20H3/t55?,56?,57-,58-,61-,62-,65-,66-,67-,68-,73+,74+,75-,76-,77-,78-,79-,80-,81-,82-,83-,84-,85-,86-,87+,88+,89+,90+,91-,92-,93+,94+,95-,96-,97+,98+,101+,102+,103+,104+/m0/s1. The Balaban J connectivity index is 0.558. The van der Waals surface area contributed by atoms with Gasteiger partial charge in [0.1, 0.15) is 71.9 Å². The molecule has 28 nitrogen and oxygen atoms in total. The summed E-state index contributed by atoms with van der Waals surface area (Å²) in [6.45, 7) is 33.9. The number of esters is 2. The number of benzene rings is 1. The average Bonchev–Trinajstić information content (AvgIpc) is 1.57. The number of methoxy groups -OCH3 is 4. The summed E-state index contributed by atoms with van der Waals surface area (Å²) in [4.78, 5) is 29.3. The van der Waals surface area contributed by atoms with Crippen molar-refractivity contribution in [1.82, 2.24) is 10.6 Å². The molecule has 40 atom stereocenters. The first kappa shape index (κ1) is 101. The molecular weight excluding hydrogens is 1690 g/mol. The van der Waals surface area contributed by atoms with E-state index in [0.717, 1.165) is 35.1 Å². The van der Waals surface area contributed by atoms with E-state index in [9.17, 15) is 30.0 Å². The third kappa shape index (κ3) is 21.5. The highest BCUT2D eigenvalue weighted by molar-refractivity contribution is 5.79. The lowest BCUT2D eigenvalue weighted by molar-refractivity contribution is -0.312. The Morgan fingerprint density at radius 1 is 0.462 bits per heavy atom. The monoisotopic (exact) mass is 1850 g/mol. The number of carbonyl (C=O) groups excluding carboxylic acids is 2. The fourth-order valence-corrected chi connectivity index (χ4v) is 23.1. The second-order valence-corrected chi connectivity index (χ2v) is 40.5. The molecule has 2 unspecified atom stereocenters. The Kier molecular flexibility index (Phi) is 33.0. The van der Waals surface area contributed by atoms with E-state index >= 15 is 0 Å². The van der Waals surface area contributed by atoms with E-state index in [1.807, 2.05) is 64.2 Å². The van der Waals surface area contributed by atoms with Crippen molar-refractivity contribution in [3.63, 3.8) is 0 Å². The van der Waals surface area contributed by atoms with Gasteiger partial charge < -0.3 is 126 Å². The van der Waals surface area contributed by atoms with E-state index < -0.39 is 169 Å². The van der Waals surface area contributed by atoms with Gasteiger partial charge >= 0.3 is 11.9 Å². The van der Waals surface area contributed by atoms with Gasteiger partial charge in [0, 0.05) is 117 Å². The lowest BCUT2D eigenvalue weighted by Gasteiger charge is -2.48. The fourth-order valence-electron chi connectivity index (χ4n) is 23.1. The van der Waals surface area contributed by atoms with Crippen molar-refractivity contribution in [1.29, 1.82) is 0 Å². The zero-order chi connectivity index (χ0) is 94.2. The van der Waals surface area contributed by atoms with Crippen LogP contribution in [0.5, 0.6) is 0 Å². The number of nitrogens with one attached hydrogen (secondary N) is 2. The molecule has 28 heteroatoms. The van der Waals surface area contributed by atoms with Gasteiger partial charge in [0.2, 0.25) is 0 Å². The molecule has 8 saturated heterocycles. The van der Waals surface area contributed by atoms with Crippen molar-refractivity contribution < 1.29 is 125 Å². The van der Waals surface area contributed by atoms with Crippen LogP contribution in [0.4, 0.5) is 0 Å². The Hall–Kier alpha value is -5.40. The Labute approximate surface area is 781 Å². The number of allylic oxidation sites excluding steroid dienone is 4. The van der Waals surface area contributed by atoms with Crippen LogP contribution in [0.25, 0.3) is 0 Å². The zero-order valence-corrected chi connectivity index (χ0v) is 81.3. The van der Waals surface area contributed by atoms with Crippen molar-refractivity contribution in [3.05, 3.63) is 154 Å². The molecular formula is C104H152N2O26. The largest absolute Gasteiger partial charge is 0.462 e. The lowest BCUT2D eigenvalue weighted by Crippen LogP contribution is -2.58. The number of ether oxygens (including phenoxy) is 20. The van der Waals surface area contributed by atoms with E-state index in [2.05, 4.69) is 128 Å². The minimum absolute atomic E-state index is 0.00438. The highest BCUT2D eigenvalue weighted by Crippen LogP contribution is 2.51. The van der Waals surface area contributed by atoms with Gasteiger partial charge in [0.15, 0.2) is 36.7 Å². The molecule has 0 amide bonds. The maximum absolute atomic E-state index is 14.6. The van der Waals surface area contributed by atoms with Gasteiger partial charge in [-0.2, -0.15) is 0 Å². The van der Waals surface area contributed by atoms with E-state index in [4.69, 9.17) is 94.7 Å². The molecule has 1 aromatic rings. The molecule has 0 saturated carbocycles. The summed E-state index contributed by atoms with van der Waals surface area (Å²) in [6, 6.07) is 7.98. The van der Waals surface area contributed by atoms with Gasteiger partial charge in [-0.05, 0) is 137 Å². The molecule has 8 fully saturated rings. The van der Waals surface area contributed by atoms with Crippen LogP contribution in [0.3, 0.4) is 0 Å². The zero-order valence-electron chi connectivity index (χ0n) is 81.3. The topological polar surface area (TPSA) is 324 Å². The van der Waals surface area contributed by atoms with Crippen LogP contribution >= 0.6 is 0 Å². The van der Waals surface area contributed by atoms with Crippen molar-refractivity contribution in [3.8, 4) is 0 Å². The molecule has 4 bridgehead atoms. The van der Waals surface area contributed by atoms with Crippen LogP contribution < -0.4 is 10.6 Å². The Morgan fingerprint density at radius 2 is 0.833 bits per heavy atom. The molecule has 12 heterocycles. The van der Waals surface area contributed by atoms with Gasteiger partial charge in [-0.25, -0.2) is 0 Å². The Morgan fingerprint density at radius 3 is 1.21 bits per heavy atom. The molecule has 6 N–H and O–H groups in total. The van der Waals surface area contributed by atoms with Crippen LogP contribution in [0.15, 0.2) is 143 Å². The second-order valence-electron chi connectivity index (χ2n) is 40.5. The Bertz CT molecular complexity index is 4160. The molecule has 2 aliphatic carbocycles. The molecule has 12 aliphatic heterocycles. The van der Waals surface area contributed by atoms with Gasteiger partial charge in [-0.1, -0.05) is 165 Å². The van der Waals surface area contributed by atoms with Gasteiger partial charge in [-0.15, -0.1) is 0 Å². The highest BCUT2D eigenvalue weighted by atomic mass is 16.8. The molecule has 734 valence electrons. The maximum Gasteiger partial charge on any atom is 0.316 e. The first-order valence-electron chi connectivity index (χ1n) is 49.0. The number of aliphatic hydroxyl groups is 4. The van der Waals surface area contributed by atoms with Gasteiger partial charge in [0.25, 0.3) is 0 Å². The van der Waals surface area contributed by atoms with Crippen molar-refractivity contribution in [2.75, 3.05) is 41.7 Å². The SMILES string of the molecule is CCC(C)[C@H]1O[C@]2(C=C[C@@H]1C)C[C@@H]1C[C@@H](CC=C(C)[C@@H](O[C@H]3C[C@H](OC)[C@@H](O[C@H]4C[C@H](OC)[C@H](NCc5ccccc5CN[C@@H]5[C@H](C)O[C@@H](O[C@H]6[C@H](C)O[C@@H](O[C@@H]7C(C)=CC[C@@H]8C[C@@H](C[C@]9(C=C[C@H](C)[C@@H](C(C)CC)O9)O8)OC(=O)[C@@H]8C=C(C)[C@@H](O)[C@H]9OCC(=CC=C[C@@H]7C)[C@]98O)C[C@@H]6OC)C[C@@H]5OC)[C@H](C)O4)[C@H](C)O3)[C@@H](C)C=CC=C3CO[C@@H]4[C@H](O)C(C)=C[C@@H](C(=O)O1)[C@]34O)O2. The van der Waals surface area contributed by atoms with Gasteiger partial charge in [-0.3, -0.25) is 9.59 Å². The van der Waals surface area contributed by atoms with Crippen LogP contribution in [-0.4, -0.2) is 268 Å². The smallest absolute Gasteiger partial charge is 0.316 e. The first-order chi connectivity index (χ1) is 63.1. The van der Waals surface area contributed by atoms with Crippen molar-refractivity contribution in [2.45, 2.75) is 395 Å². The van der Waals surface area contributed by atoms with Gasteiger partial charge in [0.05, 0.1) is 111 Å². The number of hydrogen-bond acceptors (Lipinski definition) is 28. The summed E-state index contributed by atoms with van der Waals surface area (Å²) in [5, 5.41) is 56.1. The maximum atomic E-state index is 14.6. The summed E-state index contributed by atoms with van der Waals surface area (Å²) < 4.78 is 134. The van der Waals surface area contributed by atoms with Crippen LogP contribution in [0, 0.1) is 47.3 Å². The molecule has 14 aliphatic rings. The normalized spacial score (nSPS) is 44.9. The number of rotatable bonds is 22. The number of carbonyl (C=O) groups is 2. The van der Waals surface area contributed by atoms with Crippen molar-refractivity contribution >= 4 is 11.9 Å². The van der Waals surface area contributed by atoms with Crippen LogP contribution in [0.1, 0.15) is 199 Å². The van der Waals surface area contributed by atoms with Crippen LogP contribution in [-0.2, 0) is 117 Å². The lowest BCUT2D eigenvalue weighted by atomic mass is 9.71. The van der Waals surface area contributed by atoms with E-state index in [-0.39, 0.29) is 110 Å². The molecule has 1 aromatic carbocycles. The summed E-state index contributed by atoms with van der Waals surface area (Å²) in [6.07, 6.45) is 18.1. The third-order valence-electron chi connectivity index (χ3n) is 31.3. The van der Waals surface area contributed by atoms with E-state index in [0.29, 0.717) is 86.7 Å². The predicted molar refractivity (Wildman–Crippen MR) is 490 cm³/mol. The molecule has 132 heavy (non-hydrogen) atoms. The first-order valence-corrected chi connectivity index (χ1v) is 49.0. The number of hydrogen-bond donors (Lipinski definition) is 6. The summed E-state index contributed by atoms with van der Waals surface area (Å²) >= 11 is 0. The summed E-state index contributed by atoms with van der Waals surface area (Å²) in [7, 11) is 6.82. The molecule has 15 rings (SSSR count). The fraction of sp³-hybridized carbons (Fsp3) is 0.731. The minimum atomic E-state index is -1.88. The predicted octanol–water partition coefficient (Wildman–Crippen LogP) is 12.7. The minimum Gasteiger partial charge on any atom is -0.462 e. The molecule has 0 radical (unpaired) electrons. The van der Waals surface area contributed by atoms with E-state index in [1.165, 1.54) is 0 Å². The molecule has 0 aromatic heterocycles. The summed E-state index contributed by atoms with van der Waals surface area (Å²) in [5.41, 5.74) is 2.29. The number of aliphatic hydroxyl groups excluding tert-OH is 2. The van der Waals surface area contributed by atoms with E-state index in [1.54, 1.807) is 66.6 Å².